The summed E-state index contributed by atoms with van der Waals surface area (Å²) in [6, 6.07) is 10.8. The Morgan fingerprint density at radius 2 is 2.21 bits per heavy atom. The Labute approximate surface area is 113 Å². The molecule has 0 bridgehead atoms. The average molecular weight is 257 g/mol. The monoisotopic (exact) mass is 257 g/mol. The quantitative estimate of drug-likeness (QED) is 0.914. The smallest absolute Gasteiger partial charge is 0.0729 e. The van der Waals surface area contributed by atoms with E-state index >= 15 is 0 Å². The molecule has 4 heteroatoms. The van der Waals surface area contributed by atoms with Gasteiger partial charge in [-0.2, -0.15) is 5.10 Å². The summed E-state index contributed by atoms with van der Waals surface area (Å²) in [7, 11) is 0. The van der Waals surface area contributed by atoms with Crippen LogP contribution in [-0.2, 0) is 11.3 Å². The van der Waals surface area contributed by atoms with Gasteiger partial charge >= 0.3 is 0 Å². The highest BCUT2D eigenvalue weighted by atomic mass is 16.5. The van der Waals surface area contributed by atoms with E-state index in [4.69, 9.17) is 4.74 Å². The molecule has 1 aliphatic rings. The van der Waals surface area contributed by atoms with Crippen molar-refractivity contribution < 1.29 is 4.74 Å². The van der Waals surface area contributed by atoms with E-state index < -0.39 is 0 Å². The van der Waals surface area contributed by atoms with Crippen molar-refractivity contribution >= 4 is 5.69 Å². The van der Waals surface area contributed by atoms with Crippen molar-refractivity contribution in [1.82, 2.24) is 9.78 Å². The minimum absolute atomic E-state index is 0.420. The standard InChI is InChI=1S/C15H19N3O/c1-2-5-13(6-3-1)10-18-11-15(9-16-18)17-14-7-4-8-19-12-14/h1-3,5-6,9,11,14,17H,4,7-8,10,12H2. The van der Waals surface area contributed by atoms with Crippen LogP contribution in [0, 0.1) is 0 Å². The number of rotatable bonds is 4. The van der Waals surface area contributed by atoms with Crippen LogP contribution in [0.3, 0.4) is 0 Å². The molecule has 2 heterocycles. The maximum Gasteiger partial charge on any atom is 0.0729 e. The van der Waals surface area contributed by atoms with Crippen molar-refractivity contribution in [2.45, 2.75) is 25.4 Å². The number of ether oxygens (including phenoxy) is 1. The second-order valence-corrected chi connectivity index (χ2v) is 4.97. The molecule has 0 spiro atoms. The molecule has 19 heavy (non-hydrogen) atoms. The lowest BCUT2D eigenvalue weighted by atomic mass is 10.1. The predicted molar refractivity (Wildman–Crippen MR) is 75.2 cm³/mol. The fourth-order valence-electron chi connectivity index (χ4n) is 2.39. The van der Waals surface area contributed by atoms with Crippen molar-refractivity contribution in [1.29, 1.82) is 0 Å². The third kappa shape index (κ3) is 3.35. The first-order valence-corrected chi connectivity index (χ1v) is 6.81. The SMILES string of the molecule is c1ccc(Cn2cc(NC3CCCOC3)cn2)cc1. The van der Waals surface area contributed by atoms with Crippen LogP contribution in [0.2, 0.25) is 0 Å². The molecule has 1 fully saturated rings. The van der Waals surface area contributed by atoms with Gasteiger partial charge in [0.2, 0.25) is 0 Å². The first-order chi connectivity index (χ1) is 9.40. The summed E-state index contributed by atoms with van der Waals surface area (Å²) in [4.78, 5) is 0. The van der Waals surface area contributed by atoms with Crippen LogP contribution in [0.4, 0.5) is 5.69 Å². The Kier molecular flexibility index (Phi) is 3.79. The Hall–Kier alpha value is -1.81. The van der Waals surface area contributed by atoms with Crippen LogP contribution in [0.25, 0.3) is 0 Å². The summed E-state index contributed by atoms with van der Waals surface area (Å²) in [5.41, 5.74) is 2.34. The minimum atomic E-state index is 0.420. The van der Waals surface area contributed by atoms with Gasteiger partial charge < -0.3 is 10.1 Å². The van der Waals surface area contributed by atoms with E-state index in [9.17, 15) is 0 Å². The lowest BCUT2D eigenvalue weighted by molar-refractivity contribution is 0.0876. The summed E-state index contributed by atoms with van der Waals surface area (Å²) in [5.74, 6) is 0. The van der Waals surface area contributed by atoms with Gasteiger partial charge in [0.25, 0.3) is 0 Å². The van der Waals surface area contributed by atoms with E-state index in [0.29, 0.717) is 6.04 Å². The molecule has 1 aromatic heterocycles. The van der Waals surface area contributed by atoms with E-state index in [-0.39, 0.29) is 0 Å². The van der Waals surface area contributed by atoms with Gasteiger partial charge in [-0.15, -0.1) is 0 Å². The van der Waals surface area contributed by atoms with Crippen molar-refractivity contribution in [3.8, 4) is 0 Å². The van der Waals surface area contributed by atoms with Gasteiger partial charge in [0, 0.05) is 18.8 Å². The number of nitrogens with zero attached hydrogens (tertiary/aromatic N) is 2. The maximum absolute atomic E-state index is 5.47. The Morgan fingerprint density at radius 1 is 1.32 bits per heavy atom. The average Bonchev–Trinajstić information content (AvgIpc) is 2.88. The normalized spacial score (nSPS) is 19.3. The molecule has 1 N–H and O–H groups in total. The lowest BCUT2D eigenvalue weighted by Gasteiger charge is -2.23. The number of anilines is 1. The van der Waals surface area contributed by atoms with Crippen LogP contribution in [0.15, 0.2) is 42.7 Å². The van der Waals surface area contributed by atoms with Gasteiger partial charge in [-0.3, -0.25) is 4.68 Å². The summed E-state index contributed by atoms with van der Waals surface area (Å²) in [6.07, 6.45) is 6.25. The maximum atomic E-state index is 5.47. The van der Waals surface area contributed by atoms with Crippen molar-refractivity contribution in [3.05, 3.63) is 48.3 Å². The number of aromatic nitrogens is 2. The molecular weight excluding hydrogens is 238 g/mol. The Morgan fingerprint density at radius 3 is 3.00 bits per heavy atom. The molecule has 0 radical (unpaired) electrons. The van der Waals surface area contributed by atoms with Gasteiger partial charge in [-0.25, -0.2) is 0 Å². The van der Waals surface area contributed by atoms with Crippen LogP contribution in [0.5, 0.6) is 0 Å². The molecule has 1 unspecified atom stereocenters. The van der Waals surface area contributed by atoms with Gasteiger partial charge in [-0.05, 0) is 18.4 Å². The van der Waals surface area contributed by atoms with Crippen LogP contribution in [-0.4, -0.2) is 29.0 Å². The molecule has 1 aromatic carbocycles. The van der Waals surface area contributed by atoms with Crippen LogP contribution >= 0.6 is 0 Å². The Balaban J connectivity index is 1.59. The zero-order valence-corrected chi connectivity index (χ0v) is 11.0. The summed E-state index contributed by atoms with van der Waals surface area (Å²) >= 11 is 0. The molecule has 0 saturated carbocycles. The summed E-state index contributed by atoms with van der Waals surface area (Å²) in [6.45, 7) is 2.50. The van der Waals surface area contributed by atoms with Crippen molar-refractivity contribution in [2.24, 2.45) is 0 Å². The zero-order chi connectivity index (χ0) is 12.9. The van der Waals surface area contributed by atoms with Crippen molar-refractivity contribution in [2.75, 3.05) is 18.5 Å². The largest absolute Gasteiger partial charge is 0.379 e. The number of benzene rings is 1. The zero-order valence-electron chi connectivity index (χ0n) is 11.0. The Bertz CT molecular complexity index is 503. The molecule has 2 aromatic rings. The predicted octanol–water partition coefficient (Wildman–Crippen LogP) is 2.52. The fraction of sp³-hybridized carbons (Fsp3) is 0.400. The van der Waals surface area contributed by atoms with Crippen molar-refractivity contribution in [3.63, 3.8) is 0 Å². The lowest BCUT2D eigenvalue weighted by Crippen LogP contribution is -2.29. The first-order valence-electron chi connectivity index (χ1n) is 6.81. The molecule has 0 aliphatic carbocycles. The van der Waals surface area contributed by atoms with E-state index in [1.807, 2.05) is 16.9 Å². The molecular formula is C15H19N3O. The highest BCUT2D eigenvalue weighted by Gasteiger charge is 2.13. The third-order valence-corrected chi connectivity index (χ3v) is 3.35. The second-order valence-electron chi connectivity index (χ2n) is 4.97. The number of nitrogens with one attached hydrogen (secondary N) is 1. The van der Waals surface area contributed by atoms with E-state index in [1.54, 1.807) is 0 Å². The molecule has 1 saturated heterocycles. The van der Waals surface area contributed by atoms with Gasteiger partial charge in [-0.1, -0.05) is 30.3 Å². The topological polar surface area (TPSA) is 39.1 Å². The minimum Gasteiger partial charge on any atom is -0.379 e. The fourth-order valence-corrected chi connectivity index (χ4v) is 2.39. The van der Waals surface area contributed by atoms with Gasteiger partial charge in [0.05, 0.1) is 25.0 Å². The molecule has 100 valence electrons. The third-order valence-electron chi connectivity index (χ3n) is 3.35. The highest BCUT2D eigenvalue weighted by Crippen LogP contribution is 2.14. The molecule has 4 nitrogen and oxygen atoms in total. The summed E-state index contributed by atoms with van der Waals surface area (Å²) < 4.78 is 7.43. The molecule has 1 aliphatic heterocycles. The van der Waals surface area contributed by atoms with Gasteiger partial charge in [0.1, 0.15) is 0 Å². The van der Waals surface area contributed by atoms with Crippen LogP contribution < -0.4 is 5.32 Å². The summed E-state index contributed by atoms with van der Waals surface area (Å²) in [5, 5.41) is 7.87. The van der Waals surface area contributed by atoms with Gasteiger partial charge in [0.15, 0.2) is 0 Å². The van der Waals surface area contributed by atoms with E-state index in [1.165, 1.54) is 12.0 Å². The second kappa shape index (κ2) is 5.89. The highest BCUT2D eigenvalue weighted by molar-refractivity contribution is 5.39. The number of hydrogen-bond acceptors (Lipinski definition) is 3. The molecule has 1 atom stereocenters. The number of hydrogen-bond donors (Lipinski definition) is 1. The first kappa shape index (κ1) is 12.2. The molecule has 0 amide bonds. The molecule has 3 rings (SSSR count). The van der Waals surface area contributed by atoms with E-state index in [0.717, 1.165) is 31.9 Å². The van der Waals surface area contributed by atoms with E-state index in [2.05, 4.69) is 40.9 Å². The van der Waals surface area contributed by atoms with Crippen LogP contribution in [0.1, 0.15) is 18.4 Å².